The topological polar surface area (TPSA) is 68.5 Å². The Kier molecular flexibility index (Phi) is 5.37. The number of amides is 1. The van der Waals surface area contributed by atoms with Crippen molar-refractivity contribution in [2.75, 3.05) is 5.32 Å². The van der Waals surface area contributed by atoms with Crippen LogP contribution in [0.3, 0.4) is 0 Å². The van der Waals surface area contributed by atoms with Gasteiger partial charge in [0.25, 0.3) is 5.91 Å². The fourth-order valence-electron chi connectivity index (χ4n) is 2.81. The van der Waals surface area contributed by atoms with E-state index in [0.717, 1.165) is 23.3 Å². The molecule has 2 aromatic carbocycles. The molecule has 0 aliphatic heterocycles. The van der Waals surface area contributed by atoms with Gasteiger partial charge in [0.1, 0.15) is 11.3 Å². The van der Waals surface area contributed by atoms with Crippen LogP contribution in [0.2, 0.25) is 0 Å². The SMILES string of the molecule is Cc1ccc(C)c(NC(=O)C(C)Oc2ccc3c(C(F)(F)F)cc(=O)oc3c2)c1. The summed E-state index contributed by atoms with van der Waals surface area (Å²) in [4.78, 5) is 23.9. The first-order valence-corrected chi connectivity index (χ1v) is 8.74. The molecule has 1 amide bonds. The molecule has 1 N–H and O–H groups in total. The maximum Gasteiger partial charge on any atom is 0.417 e. The lowest BCUT2D eigenvalue weighted by Gasteiger charge is -2.16. The average molecular weight is 405 g/mol. The largest absolute Gasteiger partial charge is 0.481 e. The van der Waals surface area contributed by atoms with E-state index in [1.54, 1.807) is 0 Å². The van der Waals surface area contributed by atoms with Gasteiger partial charge in [0, 0.05) is 23.2 Å². The molecule has 0 fully saturated rings. The van der Waals surface area contributed by atoms with Crippen molar-refractivity contribution in [1.82, 2.24) is 0 Å². The minimum Gasteiger partial charge on any atom is -0.481 e. The molecule has 0 spiro atoms. The lowest BCUT2D eigenvalue weighted by atomic mass is 10.1. The number of ether oxygens (including phenoxy) is 1. The third-order valence-electron chi connectivity index (χ3n) is 4.35. The highest BCUT2D eigenvalue weighted by atomic mass is 19.4. The van der Waals surface area contributed by atoms with Crippen LogP contribution >= 0.6 is 0 Å². The Morgan fingerprint density at radius 2 is 1.83 bits per heavy atom. The third kappa shape index (κ3) is 4.59. The molecule has 1 heterocycles. The van der Waals surface area contributed by atoms with Gasteiger partial charge in [-0.05, 0) is 50.1 Å². The van der Waals surface area contributed by atoms with Crippen molar-refractivity contribution in [2.45, 2.75) is 33.1 Å². The van der Waals surface area contributed by atoms with Crippen LogP contribution in [0.1, 0.15) is 23.6 Å². The number of fused-ring (bicyclic) bond motifs is 1. The summed E-state index contributed by atoms with van der Waals surface area (Å²) in [5, 5.41) is 2.49. The second-order valence-electron chi connectivity index (χ2n) is 6.70. The number of carbonyl (C=O) groups is 1. The van der Waals surface area contributed by atoms with E-state index in [9.17, 15) is 22.8 Å². The minimum absolute atomic E-state index is 0.101. The van der Waals surface area contributed by atoms with E-state index in [2.05, 4.69) is 5.32 Å². The number of nitrogens with one attached hydrogen (secondary N) is 1. The van der Waals surface area contributed by atoms with E-state index in [1.807, 2.05) is 32.0 Å². The summed E-state index contributed by atoms with van der Waals surface area (Å²) in [5.41, 5.74) is 0.0146. The number of aryl methyl sites for hydroxylation is 2. The van der Waals surface area contributed by atoms with Crippen LogP contribution in [0.5, 0.6) is 5.75 Å². The smallest absolute Gasteiger partial charge is 0.417 e. The van der Waals surface area contributed by atoms with Crippen LogP contribution in [0.4, 0.5) is 18.9 Å². The minimum atomic E-state index is -4.70. The molecule has 0 aliphatic rings. The van der Waals surface area contributed by atoms with E-state index in [1.165, 1.54) is 13.0 Å². The van der Waals surface area contributed by atoms with Gasteiger partial charge in [-0.3, -0.25) is 4.79 Å². The van der Waals surface area contributed by atoms with Crippen molar-refractivity contribution < 1.29 is 27.1 Å². The zero-order chi connectivity index (χ0) is 21.3. The number of benzene rings is 2. The Balaban J connectivity index is 1.83. The average Bonchev–Trinajstić information content (AvgIpc) is 2.63. The molecule has 1 atom stereocenters. The first-order valence-electron chi connectivity index (χ1n) is 8.74. The number of hydrogen-bond acceptors (Lipinski definition) is 4. The number of rotatable bonds is 4. The third-order valence-corrected chi connectivity index (χ3v) is 4.35. The molecule has 8 heteroatoms. The predicted octanol–water partition coefficient (Wildman–Crippen LogP) is 4.83. The van der Waals surface area contributed by atoms with Crippen molar-refractivity contribution >= 4 is 22.6 Å². The van der Waals surface area contributed by atoms with E-state index in [0.29, 0.717) is 11.8 Å². The first-order chi connectivity index (χ1) is 13.5. The second kappa shape index (κ2) is 7.62. The highest BCUT2D eigenvalue weighted by Gasteiger charge is 2.34. The Bertz CT molecular complexity index is 1130. The van der Waals surface area contributed by atoms with Crippen LogP contribution in [0, 0.1) is 13.8 Å². The van der Waals surface area contributed by atoms with E-state index in [-0.39, 0.29) is 16.7 Å². The van der Waals surface area contributed by atoms with Crippen LogP contribution in [-0.4, -0.2) is 12.0 Å². The van der Waals surface area contributed by atoms with E-state index in [4.69, 9.17) is 9.15 Å². The molecular formula is C21H18F3NO4. The van der Waals surface area contributed by atoms with Crippen molar-refractivity contribution in [1.29, 1.82) is 0 Å². The lowest BCUT2D eigenvalue weighted by molar-refractivity contribution is -0.136. The van der Waals surface area contributed by atoms with Crippen LogP contribution in [-0.2, 0) is 11.0 Å². The number of hydrogen-bond donors (Lipinski definition) is 1. The Hall–Kier alpha value is -3.29. The number of alkyl halides is 3. The number of carbonyl (C=O) groups excluding carboxylic acids is 1. The molecule has 3 rings (SSSR count). The van der Waals surface area contributed by atoms with Crippen molar-refractivity contribution in [3.63, 3.8) is 0 Å². The summed E-state index contributed by atoms with van der Waals surface area (Å²) >= 11 is 0. The molecule has 152 valence electrons. The fraction of sp³-hybridized carbons (Fsp3) is 0.238. The Labute approximate surface area is 164 Å². The second-order valence-corrected chi connectivity index (χ2v) is 6.70. The first kappa shape index (κ1) is 20.4. The summed E-state index contributed by atoms with van der Waals surface area (Å²) in [7, 11) is 0. The molecule has 0 saturated heterocycles. The number of anilines is 1. The summed E-state index contributed by atoms with van der Waals surface area (Å²) in [6.45, 7) is 5.25. The van der Waals surface area contributed by atoms with E-state index < -0.39 is 29.4 Å². The molecule has 1 aromatic heterocycles. The molecule has 0 saturated carbocycles. The van der Waals surface area contributed by atoms with Gasteiger partial charge in [-0.25, -0.2) is 4.79 Å². The molecule has 29 heavy (non-hydrogen) atoms. The molecule has 5 nitrogen and oxygen atoms in total. The van der Waals surface area contributed by atoms with Gasteiger partial charge in [0.2, 0.25) is 0 Å². The van der Waals surface area contributed by atoms with Gasteiger partial charge in [-0.15, -0.1) is 0 Å². The zero-order valence-electron chi connectivity index (χ0n) is 15.9. The van der Waals surface area contributed by atoms with Gasteiger partial charge in [0.15, 0.2) is 6.10 Å². The highest BCUT2D eigenvalue weighted by molar-refractivity contribution is 5.95. The van der Waals surface area contributed by atoms with Crippen molar-refractivity contribution in [3.05, 3.63) is 69.6 Å². The molecule has 0 aliphatic carbocycles. The summed E-state index contributed by atoms with van der Waals surface area (Å²) < 4.78 is 49.8. The van der Waals surface area contributed by atoms with Crippen LogP contribution in [0.15, 0.2) is 51.7 Å². The Morgan fingerprint density at radius 1 is 1.10 bits per heavy atom. The lowest BCUT2D eigenvalue weighted by Crippen LogP contribution is -2.30. The Morgan fingerprint density at radius 3 is 2.52 bits per heavy atom. The maximum absolute atomic E-state index is 13.1. The van der Waals surface area contributed by atoms with Crippen LogP contribution in [0.25, 0.3) is 11.0 Å². The zero-order valence-corrected chi connectivity index (χ0v) is 15.9. The highest BCUT2D eigenvalue weighted by Crippen LogP contribution is 2.35. The summed E-state index contributed by atoms with van der Waals surface area (Å²) in [5.74, 6) is -0.326. The van der Waals surface area contributed by atoms with Gasteiger partial charge >= 0.3 is 11.8 Å². The fourth-order valence-corrected chi connectivity index (χ4v) is 2.81. The van der Waals surface area contributed by atoms with Gasteiger partial charge in [0.05, 0.1) is 5.56 Å². The molecule has 1 unspecified atom stereocenters. The maximum atomic E-state index is 13.1. The van der Waals surface area contributed by atoms with Gasteiger partial charge < -0.3 is 14.5 Å². The molecule has 3 aromatic rings. The molecule has 0 bridgehead atoms. The van der Waals surface area contributed by atoms with Crippen molar-refractivity contribution in [3.8, 4) is 5.75 Å². The summed E-state index contributed by atoms with van der Waals surface area (Å²) in [6, 6.07) is 9.62. The standard InChI is InChI=1S/C21H18F3NO4/c1-11-4-5-12(2)17(8-11)25-20(27)13(3)28-14-6-7-15-16(21(22,23)24)10-19(26)29-18(15)9-14/h4-10,13H,1-3H3,(H,25,27). The quantitative estimate of drug-likeness (QED) is 0.631. The summed E-state index contributed by atoms with van der Waals surface area (Å²) in [6.07, 6.45) is -5.64. The molecule has 0 radical (unpaired) electrons. The van der Waals surface area contributed by atoms with Crippen LogP contribution < -0.4 is 15.7 Å². The molecular weight excluding hydrogens is 387 g/mol. The monoisotopic (exact) mass is 405 g/mol. The van der Waals surface area contributed by atoms with Crippen molar-refractivity contribution in [2.24, 2.45) is 0 Å². The van der Waals surface area contributed by atoms with Gasteiger partial charge in [-0.1, -0.05) is 12.1 Å². The van der Waals surface area contributed by atoms with E-state index >= 15 is 0 Å². The van der Waals surface area contributed by atoms with Gasteiger partial charge in [-0.2, -0.15) is 13.2 Å². The normalized spacial score (nSPS) is 12.6. The predicted molar refractivity (Wildman–Crippen MR) is 102 cm³/mol. The number of halogens is 3.